The molecule has 0 aromatic rings. The lowest BCUT2D eigenvalue weighted by Gasteiger charge is -2.15. The van der Waals surface area contributed by atoms with Crippen LogP contribution in [0.1, 0.15) is 52.9 Å². The molecule has 0 bridgehead atoms. The van der Waals surface area contributed by atoms with Crippen LogP contribution in [0.25, 0.3) is 0 Å². The van der Waals surface area contributed by atoms with Crippen LogP contribution in [-0.4, -0.2) is 0 Å². The van der Waals surface area contributed by atoms with E-state index in [1.165, 1.54) is 37.7 Å². The van der Waals surface area contributed by atoms with Gasteiger partial charge in [-0.3, -0.25) is 0 Å². The van der Waals surface area contributed by atoms with Gasteiger partial charge in [0.2, 0.25) is 0 Å². The van der Waals surface area contributed by atoms with Crippen LogP contribution in [0, 0.1) is 11.3 Å². The first-order chi connectivity index (χ1) is 6.20. The molecular formula is C13H22. The lowest BCUT2D eigenvalue weighted by atomic mass is 9.90. The number of hydrogen-bond acceptors (Lipinski definition) is 0. The highest BCUT2D eigenvalue weighted by molar-refractivity contribution is 5.18. The molecule has 0 aliphatic heterocycles. The third-order valence-corrected chi connectivity index (χ3v) is 3.49. The minimum Gasteiger partial charge on any atom is -0.130 e. The molecule has 0 spiro atoms. The minimum atomic E-state index is 0.651. The smallest absolute Gasteiger partial charge is 0.00678 e. The van der Waals surface area contributed by atoms with E-state index in [9.17, 15) is 0 Å². The zero-order valence-corrected chi connectivity index (χ0v) is 9.32. The van der Waals surface area contributed by atoms with E-state index in [0.29, 0.717) is 5.41 Å². The van der Waals surface area contributed by atoms with Crippen LogP contribution in [0.5, 0.6) is 0 Å². The summed E-state index contributed by atoms with van der Waals surface area (Å²) in [4.78, 5) is 0. The first kappa shape index (κ1) is 10.6. The van der Waals surface area contributed by atoms with Crippen LogP contribution in [0.3, 0.4) is 0 Å². The fourth-order valence-electron chi connectivity index (χ4n) is 2.76. The quantitative estimate of drug-likeness (QED) is 0.550. The highest BCUT2D eigenvalue weighted by Gasteiger charge is 2.52. The lowest BCUT2D eigenvalue weighted by Crippen LogP contribution is -2.03. The van der Waals surface area contributed by atoms with Crippen molar-refractivity contribution < 1.29 is 0 Å². The maximum absolute atomic E-state index is 3.75. The molecule has 0 heterocycles. The van der Waals surface area contributed by atoms with Gasteiger partial charge >= 0.3 is 0 Å². The third-order valence-electron chi connectivity index (χ3n) is 3.49. The lowest BCUT2D eigenvalue weighted by molar-refractivity contribution is 0.392. The third kappa shape index (κ3) is 2.06. The standard InChI is InChI=1S/C13H22/c1-5-8-13(9-6-2)10-12(13)11(4)7-3/h12H,3,5-6,8-10H2,1-2,4H3. The Balaban J connectivity index is 2.60. The van der Waals surface area contributed by atoms with Gasteiger partial charge in [-0.1, -0.05) is 33.3 Å². The normalized spacial score (nSPS) is 23.8. The first-order valence-corrected chi connectivity index (χ1v) is 5.56. The maximum atomic E-state index is 3.75. The Bertz CT molecular complexity index is 212. The van der Waals surface area contributed by atoms with Gasteiger partial charge in [0.25, 0.3) is 0 Å². The molecular weight excluding hydrogens is 156 g/mol. The van der Waals surface area contributed by atoms with Crippen LogP contribution >= 0.6 is 0 Å². The molecule has 1 aliphatic carbocycles. The van der Waals surface area contributed by atoms with Gasteiger partial charge in [-0.05, 0) is 43.1 Å². The van der Waals surface area contributed by atoms with Gasteiger partial charge in [-0.25, -0.2) is 0 Å². The molecule has 0 radical (unpaired) electrons. The highest BCUT2D eigenvalue weighted by Crippen LogP contribution is 2.61. The molecule has 0 aromatic heterocycles. The zero-order chi connectivity index (χ0) is 9.90. The van der Waals surface area contributed by atoms with E-state index in [-0.39, 0.29) is 0 Å². The summed E-state index contributed by atoms with van der Waals surface area (Å²) >= 11 is 0. The summed E-state index contributed by atoms with van der Waals surface area (Å²) in [5, 5.41) is 0. The van der Waals surface area contributed by atoms with Gasteiger partial charge < -0.3 is 0 Å². The molecule has 1 rings (SSSR count). The highest BCUT2D eigenvalue weighted by atomic mass is 14.6. The summed E-state index contributed by atoms with van der Waals surface area (Å²) in [6.07, 6.45) is 6.82. The SMILES string of the molecule is C=C=C(C)C1CC1(CCC)CCC. The molecule has 0 N–H and O–H groups in total. The summed E-state index contributed by atoms with van der Waals surface area (Å²) in [5.74, 6) is 0.810. The van der Waals surface area contributed by atoms with Crippen LogP contribution in [0.2, 0.25) is 0 Å². The molecule has 1 aliphatic rings. The van der Waals surface area contributed by atoms with Crippen LogP contribution < -0.4 is 0 Å². The molecule has 0 amide bonds. The van der Waals surface area contributed by atoms with Crippen molar-refractivity contribution in [3.8, 4) is 0 Å². The van der Waals surface area contributed by atoms with Crippen molar-refractivity contribution in [1.82, 2.24) is 0 Å². The molecule has 0 aromatic carbocycles. The van der Waals surface area contributed by atoms with Crippen LogP contribution in [-0.2, 0) is 0 Å². The average molecular weight is 178 g/mol. The van der Waals surface area contributed by atoms with Crippen LogP contribution in [0.15, 0.2) is 17.9 Å². The Morgan fingerprint density at radius 1 is 1.38 bits per heavy atom. The molecule has 74 valence electrons. The minimum absolute atomic E-state index is 0.651. The van der Waals surface area contributed by atoms with E-state index in [1.54, 1.807) is 0 Å². The fraction of sp³-hybridized carbons (Fsp3) is 0.769. The molecule has 1 saturated carbocycles. The Labute approximate surface area is 82.7 Å². The second-order valence-electron chi connectivity index (χ2n) is 4.48. The summed E-state index contributed by atoms with van der Waals surface area (Å²) in [6, 6.07) is 0. The summed E-state index contributed by atoms with van der Waals surface area (Å²) in [6.45, 7) is 10.5. The molecule has 0 heteroatoms. The van der Waals surface area contributed by atoms with Crippen molar-refractivity contribution in [2.45, 2.75) is 52.9 Å². The molecule has 1 atom stereocenters. The topological polar surface area (TPSA) is 0 Å². The van der Waals surface area contributed by atoms with Crippen molar-refractivity contribution in [2.75, 3.05) is 0 Å². The Hall–Kier alpha value is -0.480. The Morgan fingerprint density at radius 2 is 1.92 bits per heavy atom. The predicted octanol–water partition coefficient (Wildman–Crippen LogP) is 4.32. The molecule has 1 fully saturated rings. The first-order valence-electron chi connectivity index (χ1n) is 5.56. The van der Waals surface area contributed by atoms with Gasteiger partial charge in [0.05, 0.1) is 0 Å². The maximum Gasteiger partial charge on any atom is -0.00678 e. The van der Waals surface area contributed by atoms with Crippen LogP contribution in [0.4, 0.5) is 0 Å². The van der Waals surface area contributed by atoms with E-state index in [1.807, 2.05) is 0 Å². The number of rotatable bonds is 5. The van der Waals surface area contributed by atoms with Gasteiger partial charge in [0.15, 0.2) is 0 Å². The van der Waals surface area contributed by atoms with Crippen molar-refractivity contribution in [1.29, 1.82) is 0 Å². The molecule has 1 unspecified atom stereocenters. The second kappa shape index (κ2) is 4.15. The predicted molar refractivity (Wildman–Crippen MR) is 58.7 cm³/mol. The number of allylic oxidation sites excluding steroid dienone is 1. The van der Waals surface area contributed by atoms with Crippen molar-refractivity contribution in [3.05, 3.63) is 17.9 Å². The largest absolute Gasteiger partial charge is 0.130 e. The fourth-order valence-corrected chi connectivity index (χ4v) is 2.76. The molecule has 13 heavy (non-hydrogen) atoms. The number of hydrogen-bond donors (Lipinski definition) is 0. The van der Waals surface area contributed by atoms with E-state index in [0.717, 1.165) is 5.92 Å². The van der Waals surface area contributed by atoms with Gasteiger partial charge in [-0.2, -0.15) is 0 Å². The summed E-state index contributed by atoms with van der Waals surface area (Å²) in [5.41, 5.74) is 5.11. The van der Waals surface area contributed by atoms with Crippen molar-refractivity contribution in [2.24, 2.45) is 11.3 Å². The zero-order valence-electron chi connectivity index (χ0n) is 9.32. The van der Waals surface area contributed by atoms with E-state index < -0.39 is 0 Å². The second-order valence-corrected chi connectivity index (χ2v) is 4.48. The van der Waals surface area contributed by atoms with Crippen molar-refractivity contribution >= 4 is 0 Å². The van der Waals surface area contributed by atoms with E-state index in [4.69, 9.17) is 0 Å². The average Bonchev–Trinajstić information content (AvgIpc) is 2.80. The summed E-state index contributed by atoms with van der Waals surface area (Å²) in [7, 11) is 0. The van der Waals surface area contributed by atoms with E-state index >= 15 is 0 Å². The molecule has 0 saturated heterocycles. The molecule has 0 nitrogen and oxygen atoms in total. The Morgan fingerprint density at radius 3 is 2.31 bits per heavy atom. The van der Waals surface area contributed by atoms with E-state index in [2.05, 4.69) is 33.1 Å². The monoisotopic (exact) mass is 178 g/mol. The van der Waals surface area contributed by atoms with Gasteiger partial charge in [-0.15, -0.1) is 5.73 Å². The Kier molecular flexibility index (Phi) is 3.39. The van der Waals surface area contributed by atoms with Gasteiger partial charge in [0.1, 0.15) is 0 Å². The summed E-state index contributed by atoms with van der Waals surface area (Å²) < 4.78 is 0. The van der Waals surface area contributed by atoms with Crippen molar-refractivity contribution in [3.63, 3.8) is 0 Å². The van der Waals surface area contributed by atoms with Gasteiger partial charge in [0, 0.05) is 0 Å².